The van der Waals surface area contributed by atoms with Crippen molar-refractivity contribution in [2.45, 2.75) is 44.3 Å². The number of fused-ring (bicyclic) bond motifs is 2. The molecule has 5 rings (SSSR count). The van der Waals surface area contributed by atoms with Gasteiger partial charge in [0.2, 0.25) is 10.0 Å². The molecule has 1 aliphatic heterocycles. The number of carbonyl (C=O) groups is 2. The molecule has 10 nitrogen and oxygen atoms in total. The lowest BCUT2D eigenvalue weighted by atomic mass is 9.82. The fraction of sp³-hybridized carbons (Fsp3) is 0.480. The van der Waals surface area contributed by atoms with E-state index in [1.54, 1.807) is 18.2 Å². The minimum Gasteiger partial charge on any atom is -0.351 e. The Morgan fingerprint density at radius 2 is 1.97 bits per heavy atom. The predicted molar refractivity (Wildman–Crippen MR) is 148 cm³/mol. The lowest BCUT2D eigenvalue weighted by Gasteiger charge is -2.36. The Balaban J connectivity index is 1.32. The molecule has 0 radical (unpaired) electrons. The number of nitrogens with zero attached hydrogens (tertiary/aromatic N) is 2. The SMILES string of the molecule is CN1CCc2nc(C(=O)NC3CC(CNS(C)(=O)=O)CCC3NC(=O)c3cc4cc(Cl)ccc4[nH]3)sc2C1. The van der Waals surface area contributed by atoms with Crippen molar-refractivity contribution in [1.82, 2.24) is 30.2 Å². The maximum absolute atomic E-state index is 13.3. The summed E-state index contributed by atoms with van der Waals surface area (Å²) >= 11 is 7.49. The third kappa shape index (κ3) is 6.37. The Morgan fingerprint density at radius 3 is 2.76 bits per heavy atom. The van der Waals surface area contributed by atoms with Gasteiger partial charge >= 0.3 is 0 Å². The number of aromatic nitrogens is 2. The molecule has 3 atom stereocenters. The number of likely N-dealkylation sites (N-methyl/N-ethyl adjacent to an activating group) is 1. The molecular weight excluding hydrogens is 548 g/mol. The van der Waals surface area contributed by atoms with E-state index in [0.717, 1.165) is 47.2 Å². The topological polar surface area (TPSA) is 136 Å². The van der Waals surface area contributed by atoms with E-state index in [2.05, 4.69) is 30.2 Å². The number of sulfonamides is 1. The molecule has 1 aromatic carbocycles. The van der Waals surface area contributed by atoms with Crippen LogP contribution in [0.15, 0.2) is 24.3 Å². The van der Waals surface area contributed by atoms with E-state index < -0.39 is 10.0 Å². The second kappa shape index (κ2) is 10.9. The zero-order chi connectivity index (χ0) is 27.0. The number of amides is 2. The highest BCUT2D eigenvalue weighted by Gasteiger charge is 2.34. The maximum Gasteiger partial charge on any atom is 0.280 e. The molecular formula is C25H31ClN6O4S2. The van der Waals surface area contributed by atoms with Gasteiger partial charge in [0, 0.05) is 58.9 Å². The largest absolute Gasteiger partial charge is 0.351 e. The first-order chi connectivity index (χ1) is 18.0. The second-order valence-corrected chi connectivity index (χ2v) is 13.6. The van der Waals surface area contributed by atoms with Gasteiger partial charge in [-0.2, -0.15) is 0 Å². The molecule has 204 valence electrons. The van der Waals surface area contributed by atoms with Gasteiger partial charge in [-0.3, -0.25) is 9.59 Å². The molecule has 2 amide bonds. The normalized spacial score (nSPS) is 22.2. The van der Waals surface area contributed by atoms with Crippen molar-refractivity contribution in [1.29, 1.82) is 0 Å². The predicted octanol–water partition coefficient (Wildman–Crippen LogP) is 2.51. The summed E-state index contributed by atoms with van der Waals surface area (Å²) in [5.41, 5.74) is 2.18. The van der Waals surface area contributed by atoms with Crippen molar-refractivity contribution in [2.75, 3.05) is 26.4 Å². The number of thiazole rings is 1. The van der Waals surface area contributed by atoms with Crippen molar-refractivity contribution in [3.63, 3.8) is 0 Å². The number of nitrogens with one attached hydrogen (secondary N) is 4. The average molecular weight is 579 g/mol. The number of rotatable bonds is 7. The van der Waals surface area contributed by atoms with E-state index in [9.17, 15) is 18.0 Å². The third-order valence-electron chi connectivity index (χ3n) is 7.17. The molecule has 13 heteroatoms. The van der Waals surface area contributed by atoms with Gasteiger partial charge in [0.15, 0.2) is 5.01 Å². The first kappa shape index (κ1) is 27.1. The summed E-state index contributed by atoms with van der Waals surface area (Å²) < 4.78 is 25.9. The maximum atomic E-state index is 13.3. The van der Waals surface area contributed by atoms with Crippen LogP contribution in [0.25, 0.3) is 10.9 Å². The van der Waals surface area contributed by atoms with Crippen LogP contribution in [0.3, 0.4) is 0 Å². The number of H-pyrrole nitrogens is 1. The Labute approximate surface area is 230 Å². The van der Waals surface area contributed by atoms with Crippen LogP contribution in [0, 0.1) is 5.92 Å². The van der Waals surface area contributed by atoms with Gasteiger partial charge < -0.3 is 20.5 Å². The lowest BCUT2D eigenvalue weighted by molar-refractivity contribution is 0.0843. The zero-order valence-electron chi connectivity index (χ0n) is 21.2. The molecule has 4 N–H and O–H groups in total. The van der Waals surface area contributed by atoms with Crippen LogP contribution in [-0.2, 0) is 23.0 Å². The molecule has 1 fully saturated rings. The second-order valence-electron chi connectivity index (χ2n) is 10.3. The average Bonchev–Trinajstić information content (AvgIpc) is 3.47. The highest BCUT2D eigenvalue weighted by molar-refractivity contribution is 7.88. The number of benzene rings is 1. The van der Waals surface area contributed by atoms with Gasteiger partial charge in [-0.05, 0) is 56.5 Å². The van der Waals surface area contributed by atoms with E-state index >= 15 is 0 Å². The molecule has 0 spiro atoms. The first-order valence-corrected chi connectivity index (χ1v) is 15.6. The highest BCUT2D eigenvalue weighted by atomic mass is 35.5. The first-order valence-electron chi connectivity index (χ1n) is 12.6. The van der Waals surface area contributed by atoms with Crippen molar-refractivity contribution >= 4 is 55.7 Å². The van der Waals surface area contributed by atoms with Crippen LogP contribution >= 0.6 is 22.9 Å². The van der Waals surface area contributed by atoms with Gasteiger partial charge in [0.1, 0.15) is 5.69 Å². The Bertz CT molecular complexity index is 1470. The molecule has 3 unspecified atom stereocenters. The summed E-state index contributed by atoms with van der Waals surface area (Å²) in [6.45, 7) is 1.97. The van der Waals surface area contributed by atoms with Crippen LogP contribution in [0.2, 0.25) is 5.02 Å². The summed E-state index contributed by atoms with van der Waals surface area (Å²) in [5, 5.41) is 8.02. The molecule has 0 bridgehead atoms. The minimum absolute atomic E-state index is 0.0246. The smallest absolute Gasteiger partial charge is 0.280 e. The van der Waals surface area contributed by atoms with Gasteiger partial charge in [-0.25, -0.2) is 18.1 Å². The van der Waals surface area contributed by atoms with Gasteiger partial charge in [-0.15, -0.1) is 11.3 Å². The molecule has 38 heavy (non-hydrogen) atoms. The Kier molecular flexibility index (Phi) is 7.79. The molecule has 1 aliphatic carbocycles. The minimum atomic E-state index is -3.33. The lowest BCUT2D eigenvalue weighted by Crippen LogP contribution is -2.55. The van der Waals surface area contributed by atoms with E-state index in [1.165, 1.54) is 11.3 Å². The van der Waals surface area contributed by atoms with Crippen molar-refractivity contribution < 1.29 is 18.0 Å². The number of hydrogen-bond acceptors (Lipinski definition) is 7. The summed E-state index contributed by atoms with van der Waals surface area (Å²) in [4.78, 5) is 37.5. The van der Waals surface area contributed by atoms with E-state index in [-0.39, 0.29) is 36.4 Å². The fourth-order valence-electron chi connectivity index (χ4n) is 5.17. The number of hydrogen-bond donors (Lipinski definition) is 4. The number of halogens is 1. The summed E-state index contributed by atoms with van der Waals surface area (Å²) in [7, 11) is -1.29. The number of aromatic amines is 1. The van der Waals surface area contributed by atoms with Crippen LogP contribution in [-0.4, -0.2) is 73.6 Å². The van der Waals surface area contributed by atoms with Crippen molar-refractivity contribution in [2.24, 2.45) is 5.92 Å². The fourth-order valence-corrected chi connectivity index (χ4v) is 6.98. The van der Waals surface area contributed by atoms with Crippen LogP contribution in [0.4, 0.5) is 0 Å². The Hall–Kier alpha value is -2.51. The Morgan fingerprint density at radius 1 is 1.18 bits per heavy atom. The van der Waals surface area contributed by atoms with Gasteiger partial charge in [-0.1, -0.05) is 11.6 Å². The molecule has 3 heterocycles. The van der Waals surface area contributed by atoms with Crippen LogP contribution < -0.4 is 15.4 Å². The van der Waals surface area contributed by atoms with Crippen molar-refractivity contribution in [3.8, 4) is 0 Å². The summed E-state index contributed by atoms with van der Waals surface area (Å²) in [5.74, 6) is -0.521. The van der Waals surface area contributed by atoms with Crippen molar-refractivity contribution in [3.05, 3.63) is 50.6 Å². The molecule has 0 saturated heterocycles. The highest BCUT2D eigenvalue weighted by Crippen LogP contribution is 2.28. The van der Waals surface area contributed by atoms with Gasteiger partial charge in [0.25, 0.3) is 11.8 Å². The van der Waals surface area contributed by atoms with Crippen LogP contribution in [0.1, 0.15) is 50.1 Å². The third-order valence-corrected chi connectivity index (χ3v) is 9.18. The summed E-state index contributed by atoms with van der Waals surface area (Å²) in [6, 6.07) is 6.42. The van der Waals surface area contributed by atoms with Gasteiger partial charge in [0.05, 0.1) is 11.9 Å². The quantitative estimate of drug-likeness (QED) is 0.340. The number of carbonyl (C=O) groups excluding carboxylic acids is 2. The van der Waals surface area contributed by atoms with Crippen LogP contribution in [0.5, 0.6) is 0 Å². The molecule has 2 aromatic heterocycles. The molecule has 3 aromatic rings. The van der Waals surface area contributed by atoms with E-state index in [1.807, 2.05) is 13.1 Å². The summed E-state index contributed by atoms with van der Waals surface area (Å²) in [6.07, 6.45) is 3.77. The monoisotopic (exact) mass is 578 g/mol. The van der Waals surface area contributed by atoms with E-state index in [4.69, 9.17) is 11.6 Å². The molecule has 2 aliphatic rings. The standard InChI is InChI=1S/C25H31ClN6O4S2/c1-32-8-7-19-22(13-32)37-25(31-19)24(34)30-20-9-14(12-27-38(2,35)36)3-5-18(20)29-23(33)21-11-15-10-16(26)4-6-17(15)28-21/h4,6,10-11,14,18,20,27-28H,3,5,7-9,12-13H2,1-2H3,(H,29,33)(H,30,34). The zero-order valence-corrected chi connectivity index (χ0v) is 23.6. The van der Waals surface area contributed by atoms with E-state index in [0.29, 0.717) is 35.0 Å². The molecule has 1 saturated carbocycles.